The van der Waals surface area contributed by atoms with Crippen molar-refractivity contribution in [2.45, 2.75) is 19.8 Å². The lowest BCUT2D eigenvalue weighted by molar-refractivity contribution is 0.880. The average Bonchev–Trinajstić information content (AvgIpc) is 2.86. The molecule has 0 radical (unpaired) electrons. The van der Waals surface area contributed by atoms with Crippen molar-refractivity contribution in [1.82, 2.24) is 9.97 Å². The van der Waals surface area contributed by atoms with E-state index in [9.17, 15) is 0 Å². The van der Waals surface area contributed by atoms with Crippen molar-refractivity contribution in [2.24, 2.45) is 0 Å². The number of fused-ring (bicyclic) bond motifs is 1. The zero-order valence-corrected chi connectivity index (χ0v) is 11.7. The van der Waals surface area contributed by atoms with Crippen LogP contribution >= 0.6 is 11.3 Å². The van der Waals surface area contributed by atoms with E-state index in [0.717, 1.165) is 16.5 Å². The van der Waals surface area contributed by atoms with Gasteiger partial charge in [0.25, 0.3) is 0 Å². The van der Waals surface area contributed by atoms with E-state index in [2.05, 4.69) is 29.2 Å². The highest BCUT2D eigenvalue weighted by Gasteiger charge is 2.15. The van der Waals surface area contributed by atoms with Crippen LogP contribution in [0.1, 0.15) is 25.3 Å². The molecule has 0 aromatic carbocycles. The zero-order chi connectivity index (χ0) is 13.4. The fourth-order valence-electron chi connectivity index (χ4n) is 2.25. The first kappa shape index (κ1) is 12.1. The maximum Gasteiger partial charge on any atom is 0.132 e. The lowest BCUT2D eigenvalue weighted by Crippen LogP contribution is -1.95. The summed E-state index contributed by atoms with van der Waals surface area (Å²) in [5.74, 6) is 1.07. The minimum Gasteiger partial charge on any atom is -0.383 e. The second-order valence-corrected chi connectivity index (χ2v) is 5.72. The molecule has 3 nitrogen and oxygen atoms in total. The number of hydrogen-bond donors (Lipinski definition) is 1. The van der Waals surface area contributed by atoms with Crippen LogP contribution in [0.3, 0.4) is 0 Å². The molecule has 0 amide bonds. The van der Waals surface area contributed by atoms with Gasteiger partial charge in [-0.25, -0.2) is 4.98 Å². The fourth-order valence-corrected chi connectivity index (χ4v) is 3.53. The van der Waals surface area contributed by atoms with Gasteiger partial charge in [-0.3, -0.25) is 4.98 Å². The van der Waals surface area contributed by atoms with E-state index in [1.165, 1.54) is 10.3 Å². The highest BCUT2D eigenvalue weighted by molar-refractivity contribution is 7.18. The van der Waals surface area contributed by atoms with Crippen molar-refractivity contribution in [3.8, 4) is 11.1 Å². The Kier molecular flexibility index (Phi) is 2.95. The van der Waals surface area contributed by atoms with Crippen LogP contribution in [0.25, 0.3) is 21.2 Å². The molecule has 3 aromatic rings. The van der Waals surface area contributed by atoms with E-state index in [4.69, 9.17) is 5.73 Å². The number of aromatic nitrogens is 2. The minimum absolute atomic E-state index is 0.450. The number of thiophene rings is 1. The molecule has 3 heterocycles. The Balaban J connectivity index is 2.32. The van der Waals surface area contributed by atoms with Gasteiger partial charge in [-0.2, -0.15) is 0 Å². The van der Waals surface area contributed by atoms with Gasteiger partial charge in [-0.1, -0.05) is 13.8 Å². The molecule has 0 aliphatic heterocycles. The average molecular weight is 269 g/mol. The van der Waals surface area contributed by atoms with Crippen LogP contribution in [0.15, 0.2) is 36.1 Å². The Hall–Kier alpha value is -1.94. The van der Waals surface area contributed by atoms with Crippen LogP contribution in [0.4, 0.5) is 5.82 Å². The van der Waals surface area contributed by atoms with Crippen molar-refractivity contribution >= 4 is 27.2 Å². The molecule has 0 aliphatic carbocycles. The van der Waals surface area contributed by atoms with Crippen LogP contribution in [0.5, 0.6) is 0 Å². The number of hydrogen-bond acceptors (Lipinski definition) is 4. The first-order valence-corrected chi connectivity index (χ1v) is 7.12. The number of nitrogen functional groups attached to an aromatic ring is 1. The first-order chi connectivity index (χ1) is 9.18. The molecule has 0 aliphatic rings. The standard InChI is InChI=1S/C15H15N3S/c1-9(2)12-8-19-14-11(7-18-15(16)13(12)14)10-3-5-17-6-4-10/h3-9H,1-2H3,(H2,16,18). The Bertz CT molecular complexity index is 717. The van der Waals surface area contributed by atoms with E-state index < -0.39 is 0 Å². The molecule has 0 atom stereocenters. The Labute approximate surface area is 116 Å². The lowest BCUT2D eigenvalue weighted by Gasteiger charge is -2.07. The largest absolute Gasteiger partial charge is 0.383 e. The van der Waals surface area contributed by atoms with Crippen molar-refractivity contribution < 1.29 is 0 Å². The molecule has 0 spiro atoms. The monoisotopic (exact) mass is 269 g/mol. The number of rotatable bonds is 2. The molecular formula is C15H15N3S. The van der Waals surface area contributed by atoms with Gasteiger partial charge >= 0.3 is 0 Å². The van der Waals surface area contributed by atoms with Gasteiger partial charge in [-0.15, -0.1) is 11.3 Å². The third kappa shape index (κ3) is 1.98. The van der Waals surface area contributed by atoms with Crippen LogP contribution in [-0.4, -0.2) is 9.97 Å². The van der Waals surface area contributed by atoms with Crippen LogP contribution in [0, 0.1) is 0 Å². The molecule has 4 heteroatoms. The predicted molar refractivity (Wildman–Crippen MR) is 81.4 cm³/mol. The molecule has 96 valence electrons. The molecule has 0 bridgehead atoms. The Morgan fingerprint density at radius 1 is 1.21 bits per heavy atom. The molecule has 19 heavy (non-hydrogen) atoms. The molecule has 0 saturated carbocycles. The lowest BCUT2D eigenvalue weighted by atomic mass is 10.0. The summed E-state index contributed by atoms with van der Waals surface area (Å²) in [5, 5.41) is 3.30. The van der Waals surface area contributed by atoms with E-state index >= 15 is 0 Å². The second-order valence-electron chi connectivity index (χ2n) is 4.84. The number of pyridine rings is 2. The van der Waals surface area contributed by atoms with Crippen molar-refractivity contribution in [3.63, 3.8) is 0 Å². The highest BCUT2D eigenvalue weighted by atomic mass is 32.1. The van der Waals surface area contributed by atoms with Gasteiger partial charge in [0.1, 0.15) is 5.82 Å². The summed E-state index contributed by atoms with van der Waals surface area (Å²) >= 11 is 1.74. The summed E-state index contributed by atoms with van der Waals surface area (Å²) in [7, 11) is 0. The molecule has 0 unspecified atom stereocenters. The molecule has 3 aromatic heterocycles. The summed E-state index contributed by atoms with van der Waals surface area (Å²) in [6.07, 6.45) is 5.45. The van der Waals surface area contributed by atoms with Crippen molar-refractivity contribution in [3.05, 3.63) is 41.7 Å². The van der Waals surface area contributed by atoms with E-state index in [-0.39, 0.29) is 0 Å². The predicted octanol–water partition coefficient (Wildman–Crippen LogP) is 4.06. The molecule has 0 saturated heterocycles. The van der Waals surface area contributed by atoms with Crippen molar-refractivity contribution in [1.29, 1.82) is 0 Å². The van der Waals surface area contributed by atoms with Crippen LogP contribution < -0.4 is 5.73 Å². The van der Waals surface area contributed by atoms with E-state index in [0.29, 0.717) is 11.7 Å². The molecule has 2 N–H and O–H groups in total. The fraction of sp³-hybridized carbons (Fsp3) is 0.200. The third-order valence-electron chi connectivity index (χ3n) is 3.27. The van der Waals surface area contributed by atoms with Gasteiger partial charge in [0.05, 0.1) is 0 Å². The van der Waals surface area contributed by atoms with Gasteiger partial charge in [-0.05, 0) is 34.6 Å². The summed E-state index contributed by atoms with van der Waals surface area (Å²) in [4.78, 5) is 8.42. The van der Waals surface area contributed by atoms with Gasteiger partial charge in [0.2, 0.25) is 0 Å². The Morgan fingerprint density at radius 2 is 1.95 bits per heavy atom. The summed E-state index contributed by atoms with van der Waals surface area (Å²) < 4.78 is 1.21. The molecular weight excluding hydrogens is 254 g/mol. The zero-order valence-electron chi connectivity index (χ0n) is 10.9. The van der Waals surface area contributed by atoms with Gasteiger partial charge < -0.3 is 5.73 Å². The Morgan fingerprint density at radius 3 is 2.63 bits per heavy atom. The molecule has 3 rings (SSSR count). The van der Waals surface area contributed by atoms with Crippen molar-refractivity contribution in [2.75, 3.05) is 5.73 Å². The summed E-state index contributed by atoms with van der Waals surface area (Å²) in [6, 6.07) is 4.00. The summed E-state index contributed by atoms with van der Waals surface area (Å²) in [6.45, 7) is 4.36. The minimum atomic E-state index is 0.450. The number of nitrogens with two attached hydrogens (primary N) is 1. The second kappa shape index (κ2) is 4.63. The van der Waals surface area contributed by atoms with Gasteiger partial charge in [0, 0.05) is 34.2 Å². The number of nitrogens with zero attached hydrogens (tertiary/aromatic N) is 2. The van der Waals surface area contributed by atoms with Crippen LogP contribution in [0.2, 0.25) is 0 Å². The normalized spacial score (nSPS) is 11.3. The maximum absolute atomic E-state index is 6.07. The number of anilines is 1. The third-order valence-corrected chi connectivity index (χ3v) is 4.30. The topological polar surface area (TPSA) is 51.8 Å². The highest BCUT2D eigenvalue weighted by Crippen LogP contribution is 2.39. The van der Waals surface area contributed by atoms with E-state index in [1.807, 2.05) is 18.3 Å². The smallest absolute Gasteiger partial charge is 0.132 e. The SMILES string of the molecule is CC(C)c1csc2c(-c3ccncc3)cnc(N)c12. The quantitative estimate of drug-likeness (QED) is 0.763. The van der Waals surface area contributed by atoms with Gasteiger partial charge in [0.15, 0.2) is 0 Å². The van der Waals surface area contributed by atoms with Crippen LogP contribution in [-0.2, 0) is 0 Å². The molecule has 0 fully saturated rings. The summed E-state index contributed by atoms with van der Waals surface area (Å²) in [5.41, 5.74) is 9.61. The first-order valence-electron chi connectivity index (χ1n) is 6.24. The van der Waals surface area contributed by atoms with E-state index in [1.54, 1.807) is 23.7 Å². The maximum atomic E-state index is 6.07.